The van der Waals surface area contributed by atoms with Crippen molar-refractivity contribution in [1.82, 2.24) is 0 Å². The number of aliphatic hydroxyl groups excluding tert-OH is 6. The van der Waals surface area contributed by atoms with Crippen LogP contribution in [0, 0.1) is 0 Å². The maximum atomic E-state index is 9.90. The second-order valence-corrected chi connectivity index (χ2v) is 3.37. The molecule has 0 aliphatic heterocycles. The van der Waals surface area contributed by atoms with Crippen molar-refractivity contribution in [2.24, 2.45) is 0 Å². The van der Waals surface area contributed by atoms with Crippen LogP contribution >= 0.6 is 0 Å². The average Bonchev–Trinajstić information content (AvgIpc) is 2.35. The summed E-state index contributed by atoms with van der Waals surface area (Å²) in [6, 6.07) is 0. The van der Waals surface area contributed by atoms with Crippen LogP contribution in [0.5, 0.6) is 0 Å². The van der Waals surface area contributed by atoms with Crippen molar-refractivity contribution in [3.63, 3.8) is 0 Å². The number of hydrogen-bond donors (Lipinski definition) is 7. The van der Waals surface area contributed by atoms with Gasteiger partial charge in [-0.2, -0.15) is 0 Å². The Morgan fingerprint density at radius 2 is 1.50 bits per heavy atom. The molecule has 108 valence electrons. The lowest BCUT2D eigenvalue weighted by atomic mass is 10.0. The third-order valence-electron chi connectivity index (χ3n) is 1.78. The number of rotatable bonds is 6. The number of aldehydes is 1. The molecule has 5 unspecified atom stereocenters. The van der Waals surface area contributed by atoms with Gasteiger partial charge in [-0.05, 0) is 6.92 Å². The summed E-state index contributed by atoms with van der Waals surface area (Å²) in [6.07, 6.45) is -8.07. The summed E-state index contributed by atoms with van der Waals surface area (Å²) in [5.41, 5.74) is 0. The summed E-state index contributed by atoms with van der Waals surface area (Å²) in [4.78, 5) is 19.3. The van der Waals surface area contributed by atoms with Gasteiger partial charge in [0.25, 0.3) is 0 Å². The van der Waals surface area contributed by atoms with Crippen LogP contribution in [-0.2, 0) is 9.59 Å². The van der Waals surface area contributed by atoms with Gasteiger partial charge in [0.1, 0.15) is 30.5 Å². The number of carboxylic acids is 1. The number of carbonyl (C=O) groups excluding carboxylic acids is 1. The lowest BCUT2D eigenvalue weighted by Gasteiger charge is -2.22. The predicted octanol–water partition coefficient (Wildman–Crippen LogP) is -3.93. The summed E-state index contributed by atoms with van der Waals surface area (Å²) >= 11 is 0. The van der Waals surface area contributed by atoms with Crippen LogP contribution < -0.4 is 0 Å². The molecule has 0 aromatic rings. The zero-order valence-electron chi connectivity index (χ0n) is 9.62. The molecule has 0 bridgehead atoms. The Morgan fingerprint density at radius 1 is 1.11 bits per heavy atom. The molecule has 9 heteroatoms. The van der Waals surface area contributed by atoms with Crippen molar-refractivity contribution in [2.75, 3.05) is 6.61 Å². The summed E-state index contributed by atoms with van der Waals surface area (Å²) < 4.78 is 0. The molecule has 0 spiro atoms. The van der Waals surface area contributed by atoms with Crippen LogP contribution in [0.3, 0.4) is 0 Å². The number of hydrogen-bond acceptors (Lipinski definition) is 8. The summed E-state index contributed by atoms with van der Waals surface area (Å²) in [7, 11) is 0. The molecule has 0 fully saturated rings. The Balaban J connectivity index is 0. The van der Waals surface area contributed by atoms with Crippen molar-refractivity contribution in [3.8, 4) is 0 Å². The van der Waals surface area contributed by atoms with Crippen molar-refractivity contribution < 1.29 is 45.3 Å². The Kier molecular flexibility index (Phi) is 10.6. The molecule has 5 atom stereocenters. The number of aliphatic carboxylic acids is 1. The Bertz CT molecular complexity index is 242. The third-order valence-corrected chi connectivity index (χ3v) is 1.78. The van der Waals surface area contributed by atoms with E-state index in [1.165, 1.54) is 6.92 Å². The summed E-state index contributed by atoms with van der Waals surface area (Å²) in [5, 5.41) is 59.3. The largest absolute Gasteiger partial charge is 0.479 e. The highest BCUT2D eigenvalue weighted by atomic mass is 16.4. The fraction of sp³-hybridized carbons (Fsp3) is 0.778. The molecule has 0 amide bonds. The molecular formula is C9H18O9. The van der Waals surface area contributed by atoms with Crippen molar-refractivity contribution in [2.45, 2.75) is 37.4 Å². The van der Waals surface area contributed by atoms with Gasteiger partial charge in [-0.1, -0.05) is 0 Å². The molecular weight excluding hydrogens is 252 g/mol. The second-order valence-electron chi connectivity index (χ2n) is 3.37. The molecule has 0 saturated carbocycles. The first kappa shape index (κ1) is 19.2. The van der Waals surface area contributed by atoms with Gasteiger partial charge in [-0.15, -0.1) is 0 Å². The van der Waals surface area contributed by atoms with Gasteiger partial charge >= 0.3 is 5.97 Å². The molecule has 0 saturated heterocycles. The zero-order chi connectivity index (χ0) is 14.9. The molecule has 0 aromatic carbocycles. The van der Waals surface area contributed by atoms with Crippen LogP contribution in [0.25, 0.3) is 0 Å². The van der Waals surface area contributed by atoms with Gasteiger partial charge in [0.05, 0.1) is 6.61 Å². The van der Waals surface area contributed by atoms with Crippen LogP contribution in [0.15, 0.2) is 0 Å². The normalized spacial score (nSPS) is 18.6. The predicted molar refractivity (Wildman–Crippen MR) is 56.5 cm³/mol. The van der Waals surface area contributed by atoms with Crippen LogP contribution in [0.4, 0.5) is 0 Å². The number of carboxylic acid groups (broad SMARTS) is 1. The molecule has 18 heavy (non-hydrogen) atoms. The van der Waals surface area contributed by atoms with E-state index >= 15 is 0 Å². The van der Waals surface area contributed by atoms with Gasteiger partial charge in [0.2, 0.25) is 0 Å². The second kappa shape index (κ2) is 9.88. The third kappa shape index (κ3) is 8.06. The van der Waals surface area contributed by atoms with Gasteiger partial charge in [0.15, 0.2) is 6.29 Å². The first-order chi connectivity index (χ1) is 8.18. The van der Waals surface area contributed by atoms with Crippen LogP contribution in [0.1, 0.15) is 6.92 Å². The Morgan fingerprint density at radius 3 is 1.72 bits per heavy atom. The zero-order valence-corrected chi connectivity index (χ0v) is 9.62. The van der Waals surface area contributed by atoms with Gasteiger partial charge in [-0.25, -0.2) is 4.79 Å². The van der Waals surface area contributed by atoms with E-state index in [-0.39, 0.29) is 6.29 Å². The first-order valence-corrected chi connectivity index (χ1v) is 4.88. The maximum absolute atomic E-state index is 9.90. The van der Waals surface area contributed by atoms with Crippen molar-refractivity contribution in [1.29, 1.82) is 0 Å². The minimum atomic E-state index is -1.79. The van der Waals surface area contributed by atoms with Gasteiger partial charge in [-0.3, -0.25) is 0 Å². The summed E-state index contributed by atoms with van der Waals surface area (Å²) in [6.45, 7) is 0.437. The van der Waals surface area contributed by atoms with E-state index in [0.717, 1.165) is 0 Å². The molecule has 0 aromatic heterocycles. The van der Waals surface area contributed by atoms with Gasteiger partial charge < -0.3 is 40.5 Å². The van der Waals surface area contributed by atoms with E-state index in [1.807, 2.05) is 0 Å². The lowest BCUT2D eigenvalue weighted by molar-refractivity contribution is -0.145. The first-order valence-electron chi connectivity index (χ1n) is 4.88. The quantitative estimate of drug-likeness (QED) is 0.237. The summed E-state index contributed by atoms with van der Waals surface area (Å²) in [5.74, 6) is -1.19. The Hall–Kier alpha value is -1.10. The number of aliphatic hydroxyl groups is 6. The Labute approximate surface area is 103 Å². The van der Waals surface area contributed by atoms with E-state index in [2.05, 4.69) is 0 Å². The fourth-order valence-electron chi connectivity index (χ4n) is 0.618. The fourth-order valence-corrected chi connectivity index (χ4v) is 0.618. The van der Waals surface area contributed by atoms with E-state index in [9.17, 15) is 9.59 Å². The van der Waals surface area contributed by atoms with E-state index in [1.54, 1.807) is 0 Å². The highest BCUT2D eigenvalue weighted by Gasteiger charge is 2.29. The molecule has 9 nitrogen and oxygen atoms in total. The monoisotopic (exact) mass is 270 g/mol. The lowest BCUT2D eigenvalue weighted by Crippen LogP contribution is -2.46. The van der Waals surface area contributed by atoms with Crippen molar-refractivity contribution in [3.05, 3.63) is 0 Å². The van der Waals surface area contributed by atoms with E-state index in [0.29, 0.717) is 0 Å². The van der Waals surface area contributed by atoms with Gasteiger partial charge in [0, 0.05) is 0 Å². The minimum absolute atomic E-state index is 0.0258. The molecule has 0 aliphatic carbocycles. The minimum Gasteiger partial charge on any atom is -0.479 e. The molecule has 7 N–H and O–H groups in total. The highest BCUT2D eigenvalue weighted by molar-refractivity contribution is 5.71. The van der Waals surface area contributed by atoms with E-state index < -0.39 is 43.1 Å². The van der Waals surface area contributed by atoms with Crippen molar-refractivity contribution >= 4 is 12.3 Å². The van der Waals surface area contributed by atoms with E-state index in [4.69, 9.17) is 35.7 Å². The maximum Gasteiger partial charge on any atom is 0.332 e. The SMILES string of the molecule is CC(O)C(=O)O.O=CC(O)C(O)C(O)C(O)CO. The van der Waals surface area contributed by atoms with Crippen LogP contribution in [-0.4, -0.2) is 85.1 Å². The smallest absolute Gasteiger partial charge is 0.332 e. The topological polar surface area (TPSA) is 176 Å². The number of carbonyl (C=O) groups is 2. The molecule has 0 rings (SSSR count). The average molecular weight is 270 g/mol. The molecule has 0 aliphatic rings. The van der Waals surface area contributed by atoms with Crippen LogP contribution in [0.2, 0.25) is 0 Å². The highest BCUT2D eigenvalue weighted by Crippen LogP contribution is 2.02. The standard InChI is InChI=1S/C6H12O6.C3H6O3/c7-1-3(9)5(11)6(12)4(10)2-8;1-2(4)3(5)6/h1,3-6,8-12H,2H2;2,4H,1H3,(H,5,6). The molecule has 0 radical (unpaired) electrons. The molecule has 0 heterocycles.